The Balaban J connectivity index is 0.000000970. The Labute approximate surface area is 148 Å². The van der Waals surface area contributed by atoms with Crippen molar-refractivity contribution in [3.8, 4) is 11.8 Å². The van der Waals surface area contributed by atoms with Crippen molar-refractivity contribution in [1.82, 2.24) is 15.2 Å². The van der Waals surface area contributed by atoms with Crippen LogP contribution >= 0.6 is 0 Å². The van der Waals surface area contributed by atoms with Gasteiger partial charge in [0, 0.05) is 19.9 Å². The van der Waals surface area contributed by atoms with Gasteiger partial charge in [-0.1, -0.05) is 12.8 Å². The summed E-state index contributed by atoms with van der Waals surface area (Å²) in [6.45, 7) is 9.04. The second kappa shape index (κ2) is 11.3. The molecule has 1 aliphatic heterocycles. The highest BCUT2D eigenvalue weighted by Gasteiger charge is 2.21. The van der Waals surface area contributed by atoms with Gasteiger partial charge < -0.3 is 14.8 Å². The lowest BCUT2D eigenvalue weighted by molar-refractivity contribution is -0.122. The molecule has 25 heavy (non-hydrogen) atoms. The molecule has 0 radical (unpaired) electrons. The average molecular weight is 349 g/mol. The topological polar surface area (TPSA) is 95.7 Å². The summed E-state index contributed by atoms with van der Waals surface area (Å²) >= 11 is 0. The summed E-state index contributed by atoms with van der Waals surface area (Å²) in [5.41, 5.74) is 0.652. The maximum atomic E-state index is 12.1. The Morgan fingerprint density at radius 1 is 1.40 bits per heavy atom. The predicted octanol–water partition coefficient (Wildman–Crippen LogP) is 1.85. The molecular formula is C18H27N3O4. The number of hydrogen-bond donors (Lipinski definition) is 2. The van der Waals surface area contributed by atoms with Crippen molar-refractivity contribution in [3.05, 3.63) is 17.3 Å². The van der Waals surface area contributed by atoms with E-state index in [1.54, 1.807) is 13.8 Å². The van der Waals surface area contributed by atoms with Crippen molar-refractivity contribution < 1.29 is 19.1 Å². The Kier molecular flexibility index (Phi) is 9.33. The molecule has 7 nitrogen and oxygen atoms in total. The normalized spacial score (nSPS) is 14.7. The highest BCUT2D eigenvalue weighted by molar-refractivity contribution is 5.92. The molecular weight excluding hydrogens is 322 g/mol. The van der Waals surface area contributed by atoms with Gasteiger partial charge in [0.1, 0.15) is 0 Å². The molecule has 0 atom stereocenters. The minimum absolute atomic E-state index is 0.158. The molecule has 0 aliphatic carbocycles. The molecule has 7 heteroatoms. The second-order valence-corrected chi connectivity index (χ2v) is 5.89. The summed E-state index contributed by atoms with van der Waals surface area (Å²) in [6, 6.07) is 0. The van der Waals surface area contributed by atoms with Crippen LogP contribution in [0, 0.1) is 31.6 Å². The predicted molar refractivity (Wildman–Crippen MR) is 94.2 cm³/mol. The first-order valence-corrected chi connectivity index (χ1v) is 8.49. The van der Waals surface area contributed by atoms with Crippen LogP contribution in [0.3, 0.4) is 0 Å². The number of carboxylic acid groups (broad SMARTS) is 1. The smallest absolute Gasteiger partial charge is 0.290 e. The molecule has 2 rings (SSSR count). The molecule has 1 aliphatic rings. The first kappa shape index (κ1) is 20.7. The van der Waals surface area contributed by atoms with Crippen LogP contribution in [0.4, 0.5) is 0 Å². The number of carbonyl (C=O) groups excluding carboxylic acids is 1. The third-order valence-corrected chi connectivity index (χ3v) is 3.97. The number of aryl methyl sites for hydroxylation is 2. The van der Waals surface area contributed by atoms with E-state index in [2.05, 4.69) is 34.0 Å². The van der Waals surface area contributed by atoms with Gasteiger partial charge in [-0.3, -0.25) is 14.5 Å². The van der Waals surface area contributed by atoms with Gasteiger partial charge in [0.15, 0.2) is 5.89 Å². The summed E-state index contributed by atoms with van der Waals surface area (Å²) in [7, 11) is 0. The van der Waals surface area contributed by atoms with E-state index in [1.165, 1.54) is 0 Å². The minimum Gasteiger partial charge on any atom is -0.483 e. The van der Waals surface area contributed by atoms with E-state index in [0.29, 0.717) is 29.8 Å². The lowest BCUT2D eigenvalue weighted by Crippen LogP contribution is -2.38. The number of likely N-dealkylation sites (tertiary alicyclic amines) is 1. The van der Waals surface area contributed by atoms with Crippen LogP contribution in [0.15, 0.2) is 4.42 Å². The fourth-order valence-electron chi connectivity index (χ4n) is 2.70. The summed E-state index contributed by atoms with van der Waals surface area (Å²) < 4.78 is 5.34. The Morgan fingerprint density at radius 3 is 2.56 bits per heavy atom. The van der Waals surface area contributed by atoms with Crippen molar-refractivity contribution in [2.24, 2.45) is 5.92 Å². The van der Waals surface area contributed by atoms with Crippen LogP contribution in [0.1, 0.15) is 48.3 Å². The van der Waals surface area contributed by atoms with Crippen LogP contribution in [0.25, 0.3) is 0 Å². The molecule has 1 saturated heterocycles. The summed E-state index contributed by atoms with van der Waals surface area (Å²) in [5, 5.41) is 9.86. The van der Waals surface area contributed by atoms with Crippen LogP contribution < -0.4 is 5.32 Å². The van der Waals surface area contributed by atoms with Crippen LogP contribution in [-0.2, 0) is 4.79 Å². The van der Waals surface area contributed by atoms with E-state index >= 15 is 0 Å². The zero-order chi connectivity index (χ0) is 18.7. The number of nitrogens with zero attached hydrogens (tertiary/aromatic N) is 2. The molecule has 0 unspecified atom stereocenters. The Bertz CT molecular complexity index is 608. The molecule has 1 aromatic heterocycles. The van der Waals surface area contributed by atoms with Gasteiger partial charge in [-0.15, -0.1) is 5.92 Å². The molecule has 138 valence electrons. The standard InChI is InChI=1S/C17H25N3O2.CH2O2/c1-4-5-6-9-20-10-7-15(8-11-20)12-18-17(21)16-13(2)19-14(3)22-16;2-1-3/h15H,4,7-12H2,1-3H3,(H,18,21);1H,(H,2,3). The van der Waals surface area contributed by atoms with E-state index in [4.69, 9.17) is 14.3 Å². The van der Waals surface area contributed by atoms with Gasteiger partial charge in [0.05, 0.1) is 12.2 Å². The molecule has 0 aromatic carbocycles. The lowest BCUT2D eigenvalue weighted by atomic mass is 9.97. The molecule has 2 N–H and O–H groups in total. The summed E-state index contributed by atoms with van der Waals surface area (Å²) in [5.74, 6) is 7.54. The van der Waals surface area contributed by atoms with Gasteiger partial charge in [0.25, 0.3) is 12.4 Å². The first-order valence-electron chi connectivity index (χ1n) is 8.49. The zero-order valence-corrected chi connectivity index (χ0v) is 15.2. The third-order valence-electron chi connectivity index (χ3n) is 3.97. The van der Waals surface area contributed by atoms with Crippen LogP contribution in [0.2, 0.25) is 0 Å². The summed E-state index contributed by atoms with van der Waals surface area (Å²) in [6.07, 6.45) is 3.12. The first-order chi connectivity index (χ1) is 12.0. The van der Waals surface area contributed by atoms with Gasteiger partial charge in [0.2, 0.25) is 5.76 Å². The van der Waals surface area contributed by atoms with E-state index in [-0.39, 0.29) is 12.4 Å². The third kappa shape index (κ3) is 7.40. The number of nitrogens with one attached hydrogen (secondary N) is 1. The van der Waals surface area contributed by atoms with Gasteiger partial charge in [-0.2, -0.15) is 0 Å². The molecule has 1 amide bonds. The van der Waals surface area contributed by atoms with Crippen molar-refractivity contribution >= 4 is 12.4 Å². The maximum Gasteiger partial charge on any atom is 0.290 e. The largest absolute Gasteiger partial charge is 0.483 e. The number of oxazole rings is 1. The molecule has 2 heterocycles. The molecule has 0 spiro atoms. The number of amides is 1. The molecule has 1 aromatic rings. The second-order valence-electron chi connectivity index (χ2n) is 5.89. The number of carbonyl (C=O) groups is 2. The minimum atomic E-state index is -0.250. The van der Waals surface area contributed by atoms with E-state index in [1.807, 2.05) is 0 Å². The Hall–Kier alpha value is -2.33. The van der Waals surface area contributed by atoms with E-state index < -0.39 is 0 Å². The molecule has 0 bridgehead atoms. The summed E-state index contributed by atoms with van der Waals surface area (Å²) in [4.78, 5) is 27.0. The number of rotatable bonds is 4. The fourth-order valence-corrected chi connectivity index (χ4v) is 2.70. The monoisotopic (exact) mass is 349 g/mol. The fraction of sp³-hybridized carbons (Fsp3) is 0.611. The maximum absolute atomic E-state index is 12.1. The highest BCUT2D eigenvalue weighted by Crippen LogP contribution is 2.16. The van der Waals surface area contributed by atoms with Gasteiger partial charge >= 0.3 is 0 Å². The number of piperidine rings is 1. The number of aromatic nitrogens is 1. The average Bonchev–Trinajstić information content (AvgIpc) is 2.93. The van der Waals surface area contributed by atoms with Crippen LogP contribution in [-0.4, -0.2) is 53.5 Å². The number of hydrogen-bond acceptors (Lipinski definition) is 5. The van der Waals surface area contributed by atoms with E-state index in [9.17, 15) is 4.79 Å². The van der Waals surface area contributed by atoms with Gasteiger partial charge in [-0.05, 0) is 38.8 Å². The lowest BCUT2D eigenvalue weighted by Gasteiger charge is -2.30. The van der Waals surface area contributed by atoms with Gasteiger partial charge in [-0.25, -0.2) is 4.98 Å². The highest BCUT2D eigenvalue weighted by atomic mass is 16.4. The van der Waals surface area contributed by atoms with Crippen LogP contribution in [0.5, 0.6) is 0 Å². The van der Waals surface area contributed by atoms with E-state index in [0.717, 1.165) is 38.9 Å². The zero-order valence-electron chi connectivity index (χ0n) is 15.2. The molecule has 1 fully saturated rings. The Morgan fingerprint density at radius 2 is 2.04 bits per heavy atom. The SMILES string of the molecule is CCC#CCN1CCC(CNC(=O)c2oc(C)nc2C)CC1.O=CO. The van der Waals surface area contributed by atoms with Crippen molar-refractivity contribution in [2.75, 3.05) is 26.2 Å². The van der Waals surface area contributed by atoms with Crippen molar-refractivity contribution in [1.29, 1.82) is 0 Å². The quantitative estimate of drug-likeness (QED) is 0.636. The van der Waals surface area contributed by atoms with Crippen molar-refractivity contribution in [3.63, 3.8) is 0 Å². The van der Waals surface area contributed by atoms with Crippen molar-refractivity contribution in [2.45, 2.75) is 40.0 Å². The molecule has 0 saturated carbocycles.